The molecule has 9 heteroatoms. The molecule has 5 atom stereocenters. The van der Waals surface area contributed by atoms with Crippen molar-refractivity contribution in [3.8, 4) is 0 Å². The molecule has 0 spiro atoms. The average molecular weight is 533 g/mol. The van der Waals surface area contributed by atoms with Gasteiger partial charge in [0.2, 0.25) is 0 Å². The van der Waals surface area contributed by atoms with Gasteiger partial charge in [-0.25, -0.2) is 14.4 Å². The Kier molecular flexibility index (Phi) is 9.58. The molecular formula is C30H28O9. The number of aliphatic hydroxyl groups excluding tert-OH is 1. The third kappa shape index (κ3) is 6.97. The predicted molar refractivity (Wildman–Crippen MR) is 139 cm³/mol. The molecule has 1 heterocycles. The van der Waals surface area contributed by atoms with Crippen LogP contribution in [-0.2, 0) is 23.7 Å². The van der Waals surface area contributed by atoms with E-state index in [1.54, 1.807) is 91.0 Å². The third-order valence-corrected chi connectivity index (χ3v) is 5.91. The Morgan fingerprint density at radius 1 is 0.692 bits per heavy atom. The van der Waals surface area contributed by atoms with Crippen molar-refractivity contribution in [1.29, 1.82) is 0 Å². The van der Waals surface area contributed by atoms with Gasteiger partial charge in [-0.2, -0.15) is 0 Å². The summed E-state index contributed by atoms with van der Waals surface area (Å²) in [5.41, 5.74) is 0.676. The van der Waals surface area contributed by atoms with Gasteiger partial charge in [0.25, 0.3) is 0 Å². The Balaban J connectivity index is 1.71. The Bertz CT molecular complexity index is 1250. The number of rotatable bonds is 10. The lowest BCUT2D eigenvalue weighted by Gasteiger charge is -2.44. The van der Waals surface area contributed by atoms with Gasteiger partial charge in [0.1, 0.15) is 6.10 Å². The zero-order valence-electron chi connectivity index (χ0n) is 21.0. The average Bonchev–Trinajstić information content (AvgIpc) is 2.99. The molecule has 0 aromatic heterocycles. The van der Waals surface area contributed by atoms with Crippen molar-refractivity contribution in [2.75, 3.05) is 13.2 Å². The molecule has 9 nitrogen and oxygen atoms in total. The van der Waals surface area contributed by atoms with Gasteiger partial charge in [-0.15, -0.1) is 6.58 Å². The van der Waals surface area contributed by atoms with Crippen molar-refractivity contribution < 1.29 is 43.2 Å². The number of carbonyl (C=O) groups excluding carboxylic acids is 3. The summed E-state index contributed by atoms with van der Waals surface area (Å²) in [6.45, 7) is 3.00. The first kappa shape index (κ1) is 27.7. The number of ether oxygens (including phenoxy) is 5. The van der Waals surface area contributed by atoms with Crippen molar-refractivity contribution >= 4 is 17.9 Å². The Morgan fingerprint density at radius 3 is 1.51 bits per heavy atom. The molecule has 1 N–H and O–H groups in total. The molecular weight excluding hydrogens is 504 g/mol. The van der Waals surface area contributed by atoms with Crippen LogP contribution in [0.1, 0.15) is 31.1 Å². The molecule has 0 aliphatic carbocycles. The molecule has 3 aromatic carbocycles. The maximum Gasteiger partial charge on any atom is 0.338 e. The van der Waals surface area contributed by atoms with E-state index in [9.17, 15) is 19.5 Å². The number of esters is 3. The minimum absolute atomic E-state index is 0.00394. The summed E-state index contributed by atoms with van der Waals surface area (Å²) in [6.07, 6.45) is -5.13. The van der Waals surface area contributed by atoms with Gasteiger partial charge in [0.05, 0.1) is 29.9 Å². The second-order valence-electron chi connectivity index (χ2n) is 8.56. The van der Waals surface area contributed by atoms with Gasteiger partial charge in [0.15, 0.2) is 24.6 Å². The molecule has 1 fully saturated rings. The van der Waals surface area contributed by atoms with E-state index in [0.717, 1.165) is 0 Å². The van der Waals surface area contributed by atoms with Crippen molar-refractivity contribution in [1.82, 2.24) is 0 Å². The molecule has 1 unspecified atom stereocenters. The van der Waals surface area contributed by atoms with E-state index in [1.807, 2.05) is 0 Å². The van der Waals surface area contributed by atoms with Crippen LogP contribution in [0.25, 0.3) is 0 Å². The van der Waals surface area contributed by atoms with Gasteiger partial charge >= 0.3 is 17.9 Å². The lowest BCUT2D eigenvalue weighted by molar-refractivity contribution is -0.296. The number of hydrogen-bond donors (Lipinski definition) is 1. The van der Waals surface area contributed by atoms with E-state index < -0.39 is 55.2 Å². The second-order valence-corrected chi connectivity index (χ2v) is 8.56. The highest BCUT2D eigenvalue weighted by Gasteiger charge is 2.53. The highest BCUT2D eigenvalue weighted by atomic mass is 16.7. The van der Waals surface area contributed by atoms with E-state index in [4.69, 9.17) is 23.7 Å². The van der Waals surface area contributed by atoms with Crippen LogP contribution in [0.4, 0.5) is 0 Å². The largest absolute Gasteiger partial charge is 0.452 e. The van der Waals surface area contributed by atoms with Crippen LogP contribution in [0.5, 0.6) is 0 Å². The number of hydrogen-bond acceptors (Lipinski definition) is 9. The third-order valence-electron chi connectivity index (χ3n) is 5.91. The first-order chi connectivity index (χ1) is 19.0. The van der Waals surface area contributed by atoms with Gasteiger partial charge in [-0.05, 0) is 36.4 Å². The molecule has 0 saturated carbocycles. The van der Waals surface area contributed by atoms with E-state index in [2.05, 4.69) is 6.58 Å². The topological polar surface area (TPSA) is 118 Å². The summed E-state index contributed by atoms with van der Waals surface area (Å²) in [4.78, 5) is 39.3. The van der Waals surface area contributed by atoms with E-state index in [0.29, 0.717) is 0 Å². The van der Waals surface area contributed by atoms with Crippen LogP contribution < -0.4 is 0 Å². The van der Waals surface area contributed by atoms with Crippen LogP contribution in [0.15, 0.2) is 104 Å². The zero-order chi connectivity index (χ0) is 27.6. The summed E-state index contributed by atoms with van der Waals surface area (Å²) < 4.78 is 28.9. The predicted octanol–water partition coefficient (Wildman–Crippen LogP) is 3.58. The fourth-order valence-corrected chi connectivity index (χ4v) is 4.02. The second kappa shape index (κ2) is 13.5. The number of aliphatic hydroxyl groups is 1. The maximum absolute atomic E-state index is 13.2. The summed E-state index contributed by atoms with van der Waals surface area (Å²) in [5, 5.41) is 10.2. The fraction of sp³-hybridized carbons (Fsp3) is 0.233. The zero-order valence-corrected chi connectivity index (χ0v) is 21.0. The van der Waals surface area contributed by atoms with Gasteiger partial charge < -0.3 is 28.8 Å². The monoisotopic (exact) mass is 532 g/mol. The molecule has 4 rings (SSSR count). The first-order valence-electron chi connectivity index (χ1n) is 12.3. The van der Waals surface area contributed by atoms with Crippen LogP contribution in [0.2, 0.25) is 0 Å². The van der Waals surface area contributed by atoms with Crippen LogP contribution in [0, 0.1) is 0 Å². The molecule has 1 saturated heterocycles. The van der Waals surface area contributed by atoms with Gasteiger partial charge in [0, 0.05) is 0 Å². The van der Waals surface area contributed by atoms with Crippen molar-refractivity contribution in [3.05, 3.63) is 120 Å². The van der Waals surface area contributed by atoms with E-state index in [-0.39, 0.29) is 23.3 Å². The quantitative estimate of drug-likeness (QED) is 0.237. The number of carbonyl (C=O) groups is 3. The van der Waals surface area contributed by atoms with E-state index in [1.165, 1.54) is 6.08 Å². The van der Waals surface area contributed by atoms with Gasteiger partial charge in [-0.1, -0.05) is 60.7 Å². The molecule has 0 bridgehead atoms. The standard InChI is InChI=1S/C30H28O9/c1-2-18-35-30-26(39-29(34)22-16-10-5-11-17-22)25(38-28(33)21-14-8-4-9-15-21)24(23(19-31)36-30)37-27(32)20-12-6-3-7-13-20/h2-17,23-26,30-31H,1,18-19H2/t23-,24-,25+,26-,30?/m1/s1. The Morgan fingerprint density at radius 2 is 1.10 bits per heavy atom. The Labute approximate surface area is 225 Å². The molecule has 39 heavy (non-hydrogen) atoms. The minimum Gasteiger partial charge on any atom is -0.452 e. The van der Waals surface area contributed by atoms with Crippen molar-refractivity contribution in [2.45, 2.75) is 30.7 Å². The van der Waals surface area contributed by atoms with Crippen LogP contribution in [0.3, 0.4) is 0 Å². The molecule has 3 aromatic rings. The first-order valence-corrected chi connectivity index (χ1v) is 12.3. The molecule has 202 valence electrons. The maximum atomic E-state index is 13.2. The molecule has 1 aliphatic rings. The summed E-state index contributed by atoms with van der Waals surface area (Å²) in [7, 11) is 0. The van der Waals surface area contributed by atoms with Gasteiger partial charge in [-0.3, -0.25) is 0 Å². The smallest absolute Gasteiger partial charge is 0.338 e. The number of benzene rings is 3. The Hall–Kier alpha value is -4.31. The normalized spacial score (nSPS) is 22.3. The molecule has 0 amide bonds. The molecule has 1 aliphatic heterocycles. The van der Waals surface area contributed by atoms with Crippen molar-refractivity contribution in [3.63, 3.8) is 0 Å². The fourth-order valence-electron chi connectivity index (χ4n) is 4.02. The minimum atomic E-state index is -1.40. The van der Waals surface area contributed by atoms with Crippen LogP contribution in [-0.4, -0.2) is 66.9 Å². The highest BCUT2D eigenvalue weighted by Crippen LogP contribution is 2.31. The summed E-state index contributed by atoms with van der Waals surface area (Å²) >= 11 is 0. The summed E-state index contributed by atoms with van der Waals surface area (Å²) in [6, 6.07) is 24.5. The lowest BCUT2D eigenvalue weighted by Crippen LogP contribution is -2.63. The van der Waals surface area contributed by atoms with Crippen LogP contribution >= 0.6 is 0 Å². The highest BCUT2D eigenvalue weighted by molar-refractivity contribution is 5.91. The summed E-state index contributed by atoms with van der Waals surface area (Å²) in [5.74, 6) is -2.25. The SMILES string of the molecule is C=CCOC1O[C@H](CO)[C@@H](OC(=O)c2ccccc2)[C@H](OC(=O)c2ccccc2)[C@H]1OC(=O)c1ccccc1. The van der Waals surface area contributed by atoms with E-state index >= 15 is 0 Å². The van der Waals surface area contributed by atoms with Crippen molar-refractivity contribution in [2.24, 2.45) is 0 Å². The lowest BCUT2D eigenvalue weighted by atomic mass is 9.97. The molecule has 0 radical (unpaired) electrons.